The number of benzene rings is 2. The number of esters is 1. The maximum absolute atomic E-state index is 13.1. The monoisotopic (exact) mass is 468 g/mol. The van der Waals surface area contributed by atoms with Gasteiger partial charge in [0.25, 0.3) is 5.56 Å². The number of aromatic nitrogens is 2. The second-order valence-electron chi connectivity index (χ2n) is 8.12. The third kappa shape index (κ3) is 6.91. The van der Waals surface area contributed by atoms with Gasteiger partial charge in [-0.1, -0.05) is 72.3 Å². The molecule has 0 spiro atoms. The number of ether oxygens (including phenoxy) is 1. The maximum Gasteiger partial charge on any atom is 0.326 e. The minimum absolute atomic E-state index is 0.112. The molecular formula is C25H29ClN4O3. The van der Waals surface area contributed by atoms with Gasteiger partial charge in [-0.2, -0.15) is 0 Å². The predicted octanol–water partition coefficient (Wildman–Crippen LogP) is 3.71. The van der Waals surface area contributed by atoms with E-state index in [9.17, 15) is 9.59 Å². The summed E-state index contributed by atoms with van der Waals surface area (Å²) < 4.78 is 6.63. The molecule has 0 saturated carbocycles. The van der Waals surface area contributed by atoms with Crippen molar-refractivity contribution in [3.63, 3.8) is 0 Å². The van der Waals surface area contributed by atoms with Crippen LogP contribution >= 0.6 is 11.6 Å². The Kier molecular flexibility index (Phi) is 8.63. The fourth-order valence-corrected chi connectivity index (χ4v) is 3.70. The first-order valence-electron chi connectivity index (χ1n) is 10.7. The van der Waals surface area contributed by atoms with Gasteiger partial charge in [-0.15, -0.1) is 0 Å². The molecule has 1 N–H and O–H groups in total. The Hall–Kier alpha value is -3.16. The zero-order valence-electron chi connectivity index (χ0n) is 19.1. The summed E-state index contributed by atoms with van der Waals surface area (Å²) in [6, 6.07) is 19.5. The first-order valence-corrected chi connectivity index (χ1v) is 11.1. The third-order valence-corrected chi connectivity index (χ3v) is 5.62. The van der Waals surface area contributed by atoms with Crippen LogP contribution in [0, 0.1) is 6.92 Å². The van der Waals surface area contributed by atoms with E-state index < -0.39 is 11.5 Å². The number of likely N-dealkylation sites (N-methyl/N-ethyl adjacent to an activating group) is 1. The normalized spacial score (nSPS) is 11.9. The van der Waals surface area contributed by atoms with Crippen molar-refractivity contribution in [1.82, 2.24) is 14.5 Å². The highest BCUT2D eigenvalue weighted by Crippen LogP contribution is 2.18. The van der Waals surface area contributed by atoms with Gasteiger partial charge in [0, 0.05) is 19.0 Å². The molecule has 174 valence electrons. The summed E-state index contributed by atoms with van der Waals surface area (Å²) in [6.45, 7) is 2.83. The molecule has 0 aliphatic rings. The highest BCUT2D eigenvalue weighted by molar-refractivity contribution is 6.30. The van der Waals surface area contributed by atoms with E-state index in [1.54, 1.807) is 6.92 Å². The Balaban J connectivity index is 1.74. The molecule has 3 aromatic rings. The number of hydrogen-bond donors (Lipinski definition) is 1. The van der Waals surface area contributed by atoms with Crippen molar-refractivity contribution < 1.29 is 9.53 Å². The zero-order valence-corrected chi connectivity index (χ0v) is 19.9. The van der Waals surface area contributed by atoms with E-state index in [1.807, 2.05) is 62.6 Å². The minimum atomic E-state index is -0.521. The van der Waals surface area contributed by atoms with Crippen molar-refractivity contribution in [2.75, 3.05) is 32.5 Å². The van der Waals surface area contributed by atoms with Crippen LogP contribution in [0.5, 0.6) is 0 Å². The molecule has 0 saturated heterocycles. The SMILES string of the molecule is Cc1c(Cl)nc(NC[C@@H](CN(C)C)c2ccccc2)c(=O)n1CC(=O)OCc1ccccc1. The number of hydrogen-bond acceptors (Lipinski definition) is 6. The van der Waals surface area contributed by atoms with E-state index in [1.165, 1.54) is 4.57 Å². The predicted molar refractivity (Wildman–Crippen MR) is 131 cm³/mol. The summed E-state index contributed by atoms with van der Waals surface area (Å²) in [7, 11) is 4.01. The lowest BCUT2D eigenvalue weighted by atomic mass is 9.98. The van der Waals surface area contributed by atoms with E-state index >= 15 is 0 Å². The number of rotatable bonds is 10. The Bertz CT molecular complexity index is 1120. The lowest BCUT2D eigenvalue weighted by molar-refractivity contribution is -0.145. The number of carbonyl (C=O) groups excluding carboxylic acids is 1. The smallest absolute Gasteiger partial charge is 0.326 e. The van der Waals surface area contributed by atoms with E-state index in [0.717, 1.165) is 17.7 Å². The van der Waals surface area contributed by atoms with E-state index in [0.29, 0.717) is 12.2 Å². The molecular weight excluding hydrogens is 440 g/mol. The van der Waals surface area contributed by atoms with Crippen molar-refractivity contribution in [2.45, 2.75) is 26.0 Å². The van der Waals surface area contributed by atoms with Crippen molar-refractivity contribution in [3.8, 4) is 0 Å². The second-order valence-corrected chi connectivity index (χ2v) is 8.48. The van der Waals surface area contributed by atoms with Gasteiger partial charge in [0.05, 0.1) is 5.69 Å². The quantitative estimate of drug-likeness (QED) is 0.457. The first kappa shape index (κ1) is 24.5. The van der Waals surface area contributed by atoms with Crippen LogP contribution < -0.4 is 10.9 Å². The second kappa shape index (κ2) is 11.6. The summed E-state index contributed by atoms with van der Waals surface area (Å²) >= 11 is 6.29. The molecule has 1 atom stereocenters. The largest absolute Gasteiger partial charge is 0.459 e. The molecule has 1 heterocycles. The van der Waals surface area contributed by atoms with Crippen LogP contribution in [-0.4, -0.2) is 47.6 Å². The van der Waals surface area contributed by atoms with E-state index in [-0.39, 0.29) is 30.0 Å². The molecule has 0 radical (unpaired) electrons. The molecule has 7 nitrogen and oxygen atoms in total. The number of anilines is 1. The topological polar surface area (TPSA) is 76.5 Å². The fourth-order valence-electron chi connectivity index (χ4n) is 3.51. The van der Waals surface area contributed by atoms with Gasteiger partial charge in [-0.05, 0) is 32.1 Å². The molecule has 0 unspecified atom stereocenters. The average Bonchev–Trinajstić information content (AvgIpc) is 2.82. The molecule has 0 aliphatic heterocycles. The van der Waals surface area contributed by atoms with Gasteiger partial charge in [0.2, 0.25) is 0 Å². The number of halogens is 1. The zero-order chi connectivity index (χ0) is 23.8. The van der Waals surface area contributed by atoms with Gasteiger partial charge in [-0.25, -0.2) is 4.98 Å². The standard InChI is InChI=1S/C25H29ClN4O3/c1-18-23(26)28-24(27-14-21(15-29(2)3)20-12-8-5-9-13-20)25(32)30(18)16-22(31)33-17-19-10-6-4-7-11-19/h4-13,21H,14-17H2,1-3H3,(H,27,28)/t21-/m0/s1. The number of nitrogens with zero attached hydrogens (tertiary/aromatic N) is 3. The van der Waals surface area contributed by atoms with Crippen LogP contribution in [0.4, 0.5) is 5.82 Å². The Morgan fingerprint density at radius 2 is 1.76 bits per heavy atom. The third-order valence-electron chi connectivity index (χ3n) is 5.26. The van der Waals surface area contributed by atoms with Crippen LogP contribution in [0.2, 0.25) is 5.15 Å². The highest BCUT2D eigenvalue weighted by atomic mass is 35.5. The first-order chi connectivity index (χ1) is 15.8. The lowest BCUT2D eigenvalue weighted by Gasteiger charge is -2.22. The minimum Gasteiger partial charge on any atom is -0.459 e. The van der Waals surface area contributed by atoms with Crippen molar-refractivity contribution in [1.29, 1.82) is 0 Å². The molecule has 0 amide bonds. The molecule has 1 aromatic heterocycles. The van der Waals surface area contributed by atoms with Crippen LogP contribution in [0.25, 0.3) is 0 Å². The summed E-state index contributed by atoms with van der Waals surface area (Å²) in [5.74, 6) is -0.278. The van der Waals surface area contributed by atoms with Gasteiger partial charge in [0.1, 0.15) is 13.2 Å². The maximum atomic E-state index is 13.1. The number of carbonyl (C=O) groups is 1. The van der Waals surface area contributed by atoms with Gasteiger partial charge >= 0.3 is 5.97 Å². The lowest BCUT2D eigenvalue weighted by Crippen LogP contribution is -2.32. The molecule has 0 fully saturated rings. The molecule has 0 aliphatic carbocycles. The molecule has 33 heavy (non-hydrogen) atoms. The fraction of sp³-hybridized carbons (Fsp3) is 0.320. The Labute approximate surface area is 199 Å². The van der Waals surface area contributed by atoms with Crippen LogP contribution in [0.1, 0.15) is 22.7 Å². The summed E-state index contributed by atoms with van der Waals surface area (Å²) in [5.41, 5.74) is 2.03. The van der Waals surface area contributed by atoms with Crippen molar-refractivity contribution in [3.05, 3.63) is 93.0 Å². The van der Waals surface area contributed by atoms with Crippen molar-refractivity contribution in [2.24, 2.45) is 0 Å². The summed E-state index contributed by atoms with van der Waals surface area (Å²) in [4.78, 5) is 31.8. The van der Waals surface area contributed by atoms with Gasteiger partial charge < -0.3 is 15.0 Å². The van der Waals surface area contributed by atoms with E-state index in [4.69, 9.17) is 16.3 Å². The Morgan fingerprint density at radius 3 is 2.39 bits per heavy atom. The highest BCUT2D eigenvalue weighted by Gasteiger charge is 2.18. The van der Waals surface area contributed by atoms with Crippen LogP contribution in [0.15, 0.2) is 65.5 Å². The molecule has 3 rings (SSSR count). The van der Waals surface area contributed by atoms with Crippen LogP contribution in [0.3, 0.4) is 0 Å². The Morgan fingerprint density at radius 1 is 1.12 bits per heavy atom. The van der Waals surface area contributed by atoms with Crippen LogP contribution in [-0.2, 0) is 22.7 Å². The van der Waals surface area contributed by atoms with Gasteiger partial charge in [0.15, 0.2) is 11.0 Å². The van der Waals surface area contributed by atoms with E-state index in [2.05, 4.69) is 27.3 Å². The average molecular weight is 469 g/mol. The molecule has 2 aromatic carbocycles. The number of nitrogens with one attached hydrogen (secondary N) is 1. The van der Waals surface area contributed by atoms with Gasteiger partial charge in [-0.3, -0.25) is 14.2 Å². The molecule has 8 heteroatoms. The summed E-state index contributed by atoms with van der Waals surface area (Å²) in [5, 5.41) is 3.31. The van der Waals surface area contributed by atoms with Crippen molar-refractivity contribution >= 4 is 23.4 Å². The summed E-state index contributed by atoms with van der Waals surface area (Å²) in [6.07, 6.45) is 0. The molecule has 0 bridgehead atoms.